The minimum atomic E-state index is -0.865. The highest BCUT2D eigenvalue weighted by Crippen LogP contribution is 2.47. The average molecular weight is 533 g/mol. The van der Waals surface area contributed by atoms with Gasteiger partial charge in [-0.15, -0.1) is 0 Å². The molecule has 0 saturated carbocycles. The highest BCUT2D eigenvalue weighted by atomic mass is 35.5. The van der Waals surface area contributed by atoms with Gasteiger partial charge in [0.15, 0.2) is 0 Å². The van der Waals surface area contributed by atoms with Gasteiger partial charge in [0.25, 0.3) is 10.9 Å². The lowest BCUT2D eigenvalue weighted by Crippen LogP contribution is -2.46. The van der Waals surface area contributed by atoms with Gasteiger partial charge in [-0.2, -0.15) is 4.98 Å². The van der Waals surface area contributed by atoms with Crippen molar-refractivity contribution in [2.45, 2.75) is 6.54 Å². The predicted molar refractivity (Wildman–Crippen MR) is 135 cm³/mol. The van der Waals surface area contributed by atoms with E-state index in [9.17, 15) is 19.2 Å². The van der Waals surface area contributed by atoms with Crippen molar-refractivity contribution < 1.29 is 19.1 Å². The van der Waals surface area contributed by atoms with Crippen molar-refractivity contribution in [3.63, 3.8) is 0 Å². The Labute approximate surface area is 213 Å². The van der Waals surface area contributed by atoms with E-state index in [2.05, 4.69) is 27.2 Å². The standard InChI is InChI=1S/C22H18Cl2N6O6/c1-5-12(31)26-15-16(19(33)18(15)32)27-21-25-7-9-8-30(22(34)29(2)20(9)28-21)17-13(23)10(35-3)6-11(36-4)14(17)24/h5-7H,1,8H2,2-4H3,(H,26,31)(H,25,27,28). The molecule has 0 aliphatic carbocycles. The van der Waals surface area contributed by atoms with Crippen LogP contribution in [-0.4, -0.2) is 43.2 Å². The molecule has 0 radical (unpaired) electrons. The Morgan fingerprint density at radius 2 is 1.72 bits per heavy atom. The molecule has 4 rings (SSSR count). The highest BCUT2D eigenvalue weighted by Gasteiger charge is 2.35. The number of hydrogen-bond acceptors (Lipinski definition) is 9. The lowest BCUT2D eigenvalue weighted by atomic mass is 10.1. The van der Waals surface area contributed by atoms with Gasteiger partial charge in [0.2, 0.25) is 11.9 Å². The Kier molecular flexibility index (Phi) is 6.57. The first kappa shape index (κ1) is 24.9. The van der Waals surface area contributed by atoms with Crippen LogP contribution >= 0.6 is 23.2 Å². The lowest BCUT2D eigenvalue weighted by molar-refractivity contribution is -0.111. The number of ether oxygens (including phenoxy) is 2. The van der Waals surface area contributed by atoms with E-state index < -0.39 is 22.8 Å². The molecule has 2 heterocycles. The number of carbonyl (C=O) groups excluding carboxylic acids is 2. The van der Waals surface area contributed by atoms with Gasteiger partial charge in [0.05, 0.1) is 26.5 Å². The number of methoxy groups -OCH3 is 2. The van der Waals surface area contributed by atoms with Crippen molar-refractivity contribution in [3.8, 4) is 11.5 Å². The molecule has 1 aliphatic rings. The van der Waals surface area contributed by atoms with Crippen LogP contribution in [-0.2, 0) is 11.3 Å². The molecule has 0 atom stereocenters. The summed E-state index contributed by atoms with van der Waals surface area (Å²) >= 11 is 13.0. The van der Waals surface area contributed by atoms with E-state index in [0.29, 0.717) is 5.56 Å². The number of benzene rings is 1. The van der Waals surface area contributed by atoms with Gasteiger partial charge in [0, 0.05) is 24.9 Å². The van der Waals surface area contributed by atoms with Gasteiger partial charge >= 0.3 is 6.03 Å². The van der Waals surface area contributed by atoms with Crippen LogP contribution in [0.2, 0.25) is 10.0 Å². The molecule has 2 aromatic carbocycles. The predicted octanol–water partition coefficient (Wildman–Crippen LogP) is 2.84. The number of halogens is 2. The molecular weight excluding hydrogens is 515 g/mol. The molecule has 0 unspecified atom stereocenters. The second-order valence-electron chi connectivity index (χ2n) is 7.45. The average Bonchev–Trinajstić information content (AvgIpc) is 2.88. The summed E-state index contributed by atoms with van der Waals surface area (Å²) in [5.41, 5.74) is -1.40. The van der Waals surface area contributed by atoms with Crippen LogP contribution in [0.5, 0.6) is 11.5 Å². The van der Waals surface area contributed by atoms with E-state index in [-0.39, 0.29) is 56.9 Å². The number of nitrogens with zero attached hydrogens (tertiary/aromatic N) is 4. The van der Waals surface area contributed by atoms with Crippen molar-refractivity contribution in [2.75, 3.05) is 41.7 Å². The lowest BCUT2D eigenvalue weighted by Gasteiger charge is -2.35. The molecule has 0 saturated heterocycles. The number of carbonyl (C=O) groups is 2. The summed E-state index contributed by atoms with van der Waals surface area (Å²) in [5, 5.41) is 5.12. The first-order valence-electron chi connectivity index (χ1n) is 10.2. The molecule has 36 heavy (non-hydrogen) atoms. The summed E-state index contributed by atoms with van der Waals surface area (Å²) in [4.78, 5) is 59.7. The molecule has 186 valence electrons. The Morgan fingerprint density at radius 1 is 1.11 bits per heavy atom. The first-order chi connectivity index (χ1) is 17.1. The van der Waals surface area contributed by atoms with Crippen LogP contribution in [0.4, 0.5) is 33.6 Å². The third-order valence-corrected chi connectivity index (χ3v) is 6.14. The molecule has 14 heteroatoms. The molecule has 12 nitrogen and oxygen atoms in total. The zero-order valence-electron chi connectivity index (χ0n) is 19.1. The second kappa shape index (κ2) is 9.47. The fourth-order valence-corrected chi connectivity index (χ4v) is 4.27. The Balaban J connectivity index is 1.69. The summed E-state index contributed by atoms with van der Waals surface area (Å²) in [6.45, 7) is 3.31. The molecular formula is C22H18Cl2N6O6. The first-order valence-corrected chi connectivity index (χ1v) is 10.9. The van der Waals surface area contributed by atoms with Crippen molar-refractivity contribution in [3.05, 3.63) is 61.0 Å². The van der Waals surface area contributed by atoms with E-state index in [1.165, 1.54) is 43.3 Å². The summed E-state index contributed by atoms with van der Waals surface area (Å²) < 4.78 is 10.6. The maximum Gasteiger partial charge on any atom is 0.330 e. The fraction of sp³-hybridized carbons (Fsp3) is 0.182. The third-order valence-electron chi connectivity index (χ3n) is 5.41. The largest absolute Gasteiger partial charge is 0.495 e. The maximum absolute atomic E-state index is 13.3. The van der Waals surface area contributed by atoms with Crippen LogP contribution in [0.25, 0.3) is 0 Å². The summed E-state index contributed by atoms with van der Waals surface area (Å²) in [6.07, 6.45) is 2.40. The molecule has 3 aromatic rings. The van der Waals surface area contributed by atoms with Crippen LogP contribution in [0, 0.1) is 0 Å². The number of fused-ring (bicyclic) bond motifs is 1. The van der Waals surface area contributed by atoms with Gasteiger partial charge in [0.1, 0.15) is 38.7 Å². The topological polar surface area (TPSA) is 143 Å². The minimum Gasteiger partial charge on any atom is -0.495 e. The van der Waals surface area contributed by atoms with Gasteiger partial charge in [-0.1, -0.05) is 29.8 Å². The number of rotatable bonds is 7. The van der Waals surface area contributed by atoms with Crippen LogP contribution < -0.4 is 40.8 Å². The van der Waals surface area contributed by atoms with Gasteiger partial charge < -0.3 is 20.1 Å². The minimum absolute atomic E-state index is 0.00923. The van der Waals surface area contributed by atoms with Crippen LogP contribution in [0.1, 0.15) is 5.56 Å². The monoisotopic (exact) mass is 532 g/mol. The molecule has 2 N–H and O–H groups in total. The molecule has 1 aromatic heterocycles. The Bertz CT molecular complexity index is 1470. The number of anilines is 5. The molecule has 1 aliphatic heterocycles. The van der Waals surface area contributed by atoms with Gasteiger partial charge in [-0.05, 0) is 6.08 Å². The quantitative estimate of drug-likeness (QED) is 0.346. The zero-order valence-corrected chi connectivity index (χ0v) is 20.7. The Morgan fingerprint density at radius 3 is 2.31 bits per heavy atom. The van der Waals surface area contributed by atoms with Gasteiger partial charge in [-0.3, -0.25) is 24.2 Å². The zero-order chi connectivity index (χ0) is 26.3. The van der Waals surface area contributed by atoms with Crippen LogP contribution in [0.15, 0.2) is 34.5 Å². The summed E-state index contributed by atoms with van der Waals surface area (Å²) in [7, 11) is 4.32. The summed E-state index contributed by atoms with van der Waals surface area (Å²) in [5.74, 6) is 0.0384. The number of nitrogens with one attached hydrogen (secondary N) is 2. The smallest absolute Gasteiger partial charge is 0.330 e. The van der Waals surface area contributed by atoms with E-state index in [0.717, 1.165) is 6.08 Å². The van der Waals surface area contributed by atoms with Crippen molar-refractivity contribution in [1.82, 2.24) is 9.97 Å². The molecule has 3 amide bonds. The SMILES string of the molecule is C=CC(=O)Nc1c(Nc2ncc3c(n2)N(C)C(=O)N(c2c(Cl)c(OC)cc(OC)c2Cl)C3)c(=O)c1=O. The van der Waals surface area contributed by atoms with Crippen molar-refractivity contribution in [1.29, 1.82) is 0 Å². The van der Waals surface area contributed by atoms with E-state index in [4.69, 9.17) is 32.7 Å². The number of hydrogen-bond donors (Lipinski definition) is 2. The normalized spacial score (nSPS) is 12.9. The Hall–Kier alpha value is -4.16. The molecule has 0 fully saturated rings. The van der Waals surface area contributed by atoms with Crippen molar-refractivity contribution >= 4 is 64.0 Å². The number of amides is 3. The maximum atomic E-state index is 13.3. The second-order valence-corrected chi connectivity index (χ2v) is 8.21. The highest BCUT2D eigenvalue weighted by molar-refractivity contribution is 6.42. The van der Waals surface area contributed by atoms with Crippen LogP contribution in [0.3, 0.4) is 0 Å². The molecule has 0 spiro atoms. The van der Waals surface area contributed by atoms with E-state index in [1.54, 1.807) is 0 Å². The van der Waals surface area contributed by atoms with Gasteiger partial charge in [-0.25, -0.2) is 9.78 Å². The number of aromatic nitrogens is 2. The van der Waals surface area contributed by atoms with E-state index >= 15 is 0 Å². The molecule has 0 bridgehead atoms. The number of urea groups is 1. The summed E-state index contributed by atoms with van der Waals surface area (Å²) in [6, 6.07) is 0.994. The fourth-order valence-electron chi connectivity index (χ4n) is 3.57. The third kappa shape index (κ3) is 3.99. The van der Waals surface area contributed by atoms with E-state index in [1.807, 2.05) is 0 Å². The van der Waals surface area contributed by atoms with Crippen molar-refractivity contribution in [2.24, 2.45) is 0 Å².